The summed E-state index contributed by atoms with van der Waals surface area (Å²) >= 11 is 3.47. The molecule has 0 bridgehead atoms. The Hall–Kier alpha value is -2.15. The van der Waals surface area contributed by atoms with Gasteiger partial charge in [-0.25, -0.2) is 14.6 Å². The molecule has 7 heteroatoms. The Bertz CT molecular complexity index is 810. The second-order valence-corrected chi connectivity index (χ2v) is 8.63. The van der Waals surface area contributed by atoms with E-state index in [1.165, 1.54) is 0 Å². The molecule has 6 nitrogen and oxygen atoms in total. The van der Waals surface area contributed by atoms with E-state index in [4.69, 9.17) is 9.47 Å². The van der Waals surface area contributed by atoms with E-state index in [1.54, 1.807) is 53.7 Å². The molecule has 2 aromatic rings. The standard InChI is InChI=1S/C19H23BrN2O4/c1-18(2,3)25-16(23)22(17(24)26-19(4,5)6)15-11-13(20)12-9-7-8-10-14(12)21-15/h7-11H,1-6H3. The fourth-order valence-electron chi connectivity index (χ4n) is 2.11. The van der Waals surface area contributed by atoms with Crippen molar-refractivity contribution in [3.8, 4) is 0 Å². The number of hydrogen-bond acceptors (Lipinski definition) is 5. The van der Waals surface area contributed by atoms with Crippen LogP contribution in [0.3, 0.4) is 0 Å². The summed E-state index contributed by atoms with van der Waals surface area (Å²) in [6.45, 7) is 10.3. The molecule has 0 aliphatic heterocycles. The Kier molecular flexibility index (Phi) is 5.61. The summed E-state index contributed by atoms with van der Waals surface area (Å²) in [6.07, 6.45) is -1.69. The van der Waals surface area contributed by atoms with Crippen LogP contribution in [0.2, 0.25) is 0 Å². The lowest BCUT2D eigenvalue weighted by atomic mass is 10.2. The number of imide groups is 1. The van der Waals surface area contributed by atoms with Crippen LogP contribution in [0.5, 0.6) is 0 Å². The first-order valence-electron chi connectivity index (χ1n) is 8.19. The smallest absolute Gasteiger partial charge is 0.425 e. The number of carbonyl (C=O) groups is 2. The molecule has 2 rings (SSSR count). The first kappa shape index (κ1) is 20.2. The van der Waals surface area contributed by atoms with Crippen molar-refractivity contribution in [2.24, 2.45) is 0 Å². The lowest BCUT2D eigenvalue weighted by Gasteiger charge is -2.28. The Morgan fingerprint density at radius 2 is 1.46 bits per heavy atom. The molecular formula is C19H23BrN2O4. The number of pyridine rings is 1. The molecule has 1 aromatic heterocycles. The van der Waals surface area contributed by atoms with Crippen LogP contribution in [0.1, 0.15) is 41.5 Å². The van der Waals surface area contributed by atoms with E-state index in [1.807, 2.05) is 18.2 Å². The highest BCUT2D eigenvalue weighted by Crippen LogP contribution is 2.29. The summed E-state index contributed by atoms with van der Waals surface area (Å²) in [7, 11) is 0. The van der Waals surface area contributed by atoms with Gasteiger partial charge in [-0.2, -0.15) is 4.90 Å². The Morgan fingerprint density at radius 1 is 0.962 bits per heavy atom. The Morgan fingerprint density at radius 3 is 1.96 bits per heavy atom. The van der Waals surface area contributed by atoms with Gasteiger partial charge in [0.15, 0.2) is 5.82 Å². The van der Waals surface area contributed by atoms with E-state index in [9.17, 15) is 9.59 Å². The molecule has 0 aliphatic carbocycles. The zero-order chi connectivity index (χ0) is 19.7. The van der Waals surface area contributed by atoms with E-state index in [-0.39, 0.29) is 5.82 Å². The van der Waals surface area contributed by atoms with Gasteiger partial charge in [-0.05, 0) is 69.6 Å². The number of aromatic nitrogens is 1. The third-order valence-electron chi connectivity index (χ3n) is 3.03. The van der Waals surface area contributed by atoms with Gasteiger partial charge in [0.2, 0.25) is 0 Å². The second-order valence-electron chi connectivity index (χ2n) is 7.78. The fourth-order valence-corrected chi connectivity index (χ4v) is 2.65. The molecular weight excluding hydrogens is 400 g/mol. The summed E-state index contributed by atoms with van der Waals surface area (Å²) < 4.78 is 11.4. The van der Waals surface area contributed by atoms with Crippen LogP contribution in [0.25, 0.3) is 10.9 Å². The highest BCUT2D eigenvalue weighted by atomic mass is 79.9. The first-order valence-corrected chi connectivity index (χ1v) is 8.98. The highest BCUT2D eigenvalue weighted by Gasteiger charge is 2.33. The number of hydrogen-bond donors (Lipinski definition) is 0. The number of rotatable bonds is 1. The van der Waals surface area contributed by atoms with Crippen LogP contribution in [0.4, 0.5) is 15.4 Å². The van der Waals surface area contributed by atoms with Crippen LogP contribution in [0.15, 0.2) is 34.8 Å². The van der Waals surface area contributed by atoms with E-state index in [0.717, 1.165) is 10.3 Å². The van der Waals surface area contributed by atoms with Crippen molar-refractivity contribution in [2.75, 3.05) is 4.90 Å². The maximum absolute atomic E-state index is 12.7. The number of amides is 2. The third-order valence-corrected chi connectivity index (χ3v) is 3.69. The second kappa shape index (κ2) is 7.23. The molecule has 0 radical (unpaired) electrons. The van der Waals surface area contributed by atoms with Crippen molar-refractivity contribution >= 4 is 44.8 Å². The number of nitrogens with zero attached hydrogens (tertiary/aromatic N) is 2. The maximum Gasteiger partial charge on any atom is 0.425 e. The Labute approximate surface area is 161 Å². The number of carbonyl (C=O) groups excluding carboxylic acids is 2. The van der Waals surface area contributed by atoms with Crippen molar-refractivity contribution in [3.05, 3.63) is 34.8 Å². The zero-order valence-electron chi connectivity index (χ0n) is 15.8. The molecule has 0 saturated heterocycles. The van der Waals surface area contributed by atoms with Crippen molar-refractivity contribution in [1.82, 2.24) is 4.98 Å². The molecule has 0 N–H and O–H groups in total. The largest absolute Gasteiger partial charge is 0.443 e. The Balaban J connectivity index is 2.52. The number of anilines is 1. The lowest BCUT2D eigenvalue weighted by Crippen LogP contribution is -2.44. The summed E-state index contributed by atoms with van der Waals surface area (Å²) in [5.41, 5.74) is -0.911. The third kappa shape index (κ3) is 5.17. The molecule has 26 heavy (non-hydrogen) atoms. The molecule has 0 saturated carbocycles. The van der Waals surface area contributed by atoms with Gasteiger partial charge < -0.3 is 9.47 Å². The van der Waals surface area contributed by atoms with E-state index in [2.05, 4.69) is 20.9 Å². The first-order chi connectivity index (χ1) is 11.9. The molecule has 0 fully saturated rings. The molecule has 1 heterocycles. The van der Waals surface area contributed by atoms with Crippen molar-refractivity contribution in [3.63, 3.8) is 0 Å². The molecule has 2 amide bonds. The summed E-state index contributed by atoms with van der Waals surface area (Å²) in [4.78, 5) is 30.6. The normalized spacial score (nSPS) is 12.0. The predicted molar refractivity (Wildman–Crippen MR) is 104 cm³/mol. The predicted octanol–water partition coefficient (Wildman–Crippen LogP) is 5.67. The fraction of sp³-hybridized carbons (Fsp3) is 0.421. The quantitative estimate of drug-likeness (QED) is 0.591. The summed E-state index contributed by atoms with van der Waals surface area (Å²) in [6, 6.07) is 8.99. The van der Waals surface area contributed by atoms with Crippen molar-refractivity contribution < 1.29 is 19.1 Å². The van der Waals surface area contributed by atoms with Gasteiger partial charge in [-0.15, -0.1) is 0 Å². The summed E-state index contributed by atoms with van der Waals surface area (Å²) in [5.74, 6) is 0.124. The monoisotopic (exact) mass is 422 g/mol. The van der Waals surface area contributed by atoms with Crippen LogP contribution in [0, 0.1) is 0 Å². The lowest BCUT2D eigenvalue weighted by molar-refractivity contribution is 0.0429. The van der Waals surface area contributed by atoms with Gasteiger partial charge in [0.1, 0.15) is 11.2 Å². The van der Waals surface area contributed by atoms with Gasteiger partial charge in [0.25, 0.3) is 0 Å². The van der Waals surface area contributed by atoms with E-state index in [0.29, 0.717) is 9.99 Å². The molecule has 0 unspecified atom stereocenters. The average Bonchev–Trinajstić information content (AvgIpc) is 2.43. The van der Waals surface area contributed by atoms with Gasteiger partial charge >= 0.3 is 12.2 Å². The van der Waals surface area contributed by atoms with Crippen molar-refractivity contribution in [2.45, 2.75) is 52.7 Å². The number of fused-ring (bicyclic) bond motifs is 1. The molecule has 0 spiro atoms. The number of halogens is 1. The number of para-hydroxylation sites is 1. The summed E-state index contributed by atoms with van der Waals surface area (Å²) in [5, 5.41) is 0.865. The van der Waals surface area contributed by atoms with Crippen LogP contribution in [-0.4, -0.2) is 28.4 Å². The van der Waals surface area contributed by atoms with Gasteiger partial charge in [-0.1, -0.05) is 18.2 Å². The number of benzene rings is 1. The minimum absolute atomic E-state index is 0.124. The molecule has 140 valence electrons. The van der Waals surface area contributed by atoms with Crippen molar-refractivity contribution in [1.29, 1.82) is 0 Å². The minimum Gasteiger partial charge on any atom is -0.443 e. The number of ether oxygens (including phenoxy) is 2. The zero-order valence-corrected chi connectivity index (χ0v) is 17.4. The molecule has 0 aliphatic rings. The van der Waals surface area contributed by atoms with E-state index < -0.39 is 23.4 Å². The van der Waals surface area contributed by atoms with Gasteiger partial charge in [0.05, 0.1) is 5.52 Å². The van der Waals surface area contributed by atoms with Crippen LogP contribution >= 0.6 is 15.9 Å². The minimum atomic E-state index is -0.846. The topological polar surface area (TPSA) is 68.7 Å². The molecule has 1 aromatic carbocycles. The van der Waals surface area contributed by atoms with Crippen LogP contribution < -0.4 is 4.90 Å². The molecule has 0 atom stereocenters. The van der Waals surface area contributed by atoms with Crippen LogP contribution in [-0.2, 0) is 9.47 Å². The highest BCUT2D eigenvalue weighted by molar-refractivity contribution is 9.10. The average molecular weight is 423 g/mol. The van der Waals surface area contributed by atoms with Gasteiger partial charge in [0, 0.05) is 9.86 Å². The van der Waals surface area contributed by atoms with Gasteiger partial charge in [-0.3, -0.25) is 0 Å². The van der Waals surface area contributed by atoms with E-state index >= 15 is 0 Å². The SMILES string of the molecule is CC(C)(C)OC(=O)N(C(=O)OC(C)(C)C)c1cc(Br)c2ccccc2n1. The maximum atomic E-state index is 12.7.